The Morgan fingerprint density at radius 3 is 2.64 bits per heavy atom. The van der Waals surface area contributed by atoms with E-state index in [1.54, 1.807) is 0 Å². The minimum atomic E-state index is -0.231. The van der Waals surface area contributed by atoms with Crippen LogP contribution in [0.1, 0.15) is 27.2 Å². The van der Waals surface area contributed by atoms with Crippen LogP contribution >= 0.6 is 43.5 Å². The van der Waals surface area contributed by atoms with Crippen LogP contribution in [-0.4, -0.2) is 21.4 Å². The van der Waals surface area contributed by atoms with Crippen LogP contribution in [-0.2, 0) is 4.74 Å². The quantitative estimate of drug-likeness (QED) is 0.548. The zero-order valence-electron chi connectivity index (χ0n) is 8.56. The van der Waals surface area contributed by atoms with E-state index in [1.165, 1.54) is 0 Å². The van der Waals surface area contributed by atoms with Gasteiger partial charge in [0.2, 0.25) is 0 Å². The molecule has 1 fully saturated rings. The number of epoxide rings is 1. The Bertz CT molecular complexity index is 237. The Labute approximate surface area is 107 Å². The van der Waals surface area contributed by atoms with E-state index >= 15 is 0 Å². The normalized spacial score (nSPS) is 34.9. The van der Waals surface area contributed by atoms with Gasteiger partial charge in [-0.1, -0.05) is 31.9 Å². The first kappa shape index (κ1) is 13.0. The van der Waals surface area contributed by atoms with Gasteiger partial charge >= 0.3 is 0 Å². The molecule has 4 heteroatoms. The Morgan fingerprint density at radius 2 is 2.21 bits per heavy atom. The average Bonchev–Trinajstić information content (AvgIpc) is 2.60. The van der Waals surface area contributed by atoms with Crippen LogP contribution in [0.5, 0.6) is 0 Å². The molecule has 1 heterocycles. The van der Waals surface area contributed by atoms with Crippen LogP contribution < -0.4 is 0 Å². The van der Waals surface area contributed by atoms with Crippen molar-refractivity contribution in [3.8, 4) is 0 Å². The molecule has 0 bridgehead atoms. The standard InChI is InChI=1S/C10H15Br2ClO/c1-9(2,13)7(12)6-8-10(3,14-8)4-5-11/h4-5,7-8H,6H2,1-3H3. The predicted molar refractivity (Wildman–Crippen MR) is 68.6 cm³/mol. The molecule has 0 aromatic rings. The summed E-state index contributed by atoms with van der Waals surface area (Å²) in [5, 5.41) is 0. The molecule has 3 unspecified atom stereocenters. The number of hydrogen-bond donors (Lipinski definition) is 0. The summed E-state index contributed by atoms with van der Waals surface area (Å²) >= 11 is 13.0. The number of ether oxygens (including phenoxy) is 1. The fourth-order valence-electron chi connectivity index (χ4n) is 1.29. The van der Waals surface area contributed by atoms with Gasteiger partial charge in [-0.15, -0.1) is 11.6 Å². The zero-order valence-corrected chi connectivity index (χ0v) is 12.5. The van der Waals surface area contributed by atoms with Gasteiger partial charge in [0.1, 0.15) is 5.60 Å². The molecule has 82 valence electrons. The van der Waals surface area contributed by atoms with Gasteiger partial charge < -0.3 is 4.74 Å². The van der Waals surface area contributed by atoms with Crippen molar-refractivity contribution in [2.24, 2.45) is 0 Å². The summed E-state index contributed by atoms with van der Waals surface area (Å²) in [6.45, 7) is 6.10. The van der Waals surface area contributed by atoms with E-state index in [4.69, 9.17) is 16.3 Å². The van der Waals surface area contributed by atoms with Crippen LogP contribution in [0, 0.1) is 0 Å². The zero-order chi connectivity index (χ0) is 11.0. The fourth-order valence-corrected chi connectivity index (χ4v) is 2.25. The highest BCUT2D eigenvalue weighted by atomic mass is 79.9. The Kier molecular flexibility index (Phi) is 4.13. The highest BCUT2D eigenvalue weighted by molar-refractivity contribution is 9.11. The molecule has 0 amide bonds. The number of rotatable bonds is 4. The molecular formula is C10H15Br2ClO. The summed E-state index contributed by atoms with van der Waals surface area (Å²) in [5.41, 5.74) is -0.0995. The SMILES string of the molecule is CC(C)(Cl)C(Br)CC1OC1(C)C=CBr. The first-order valence-electron chi connectivity index (χ1n) is 4.58. The fraction of sp³-hybridized carbons (Fsp3) is 0.800. The molecule has 0 aliphatic carbocycles. The summed E-state index contributed by atoms with van der Waals surface area (Å²) in [6.07, 6.45) is 3.24. The molecule has 0 N–H and O–H groups in total. The molecular weight excluding hydrogens is 331 g/mol. The van der Waals surface area contributed by atoms with Crippen molar-refractivity contribution in [3.63, 3.8) is 0 Å². The molecule has 0 aromatic carbocycles. The van der Waals surface area contributed by atoms with Crippen LogP contribution in [0.3, 0.4) is 0 Å². The first-order chi connectivity index (χ1) is 6.29. The second kappa shape index (κ2) is 4.44. The highest BCUT2D eigenvalue weighted by Gasteiger charge is 2.51. The summed E-state index contributed by atoms with van der Waals surface area (Å²) in [7, 11) is 0. The van der Waals surface area contributed by atoms with Crippen LogP contribution in [0.15, 0.2) is 11.1 Å². The summed E-state index contributed by atoms with van der Waals surface area (Å²) in [5.74, 6) is 0. The van der Waals surface area contributed by atoms with Gasteiger partial charge in [-0.25, -0.2) is 0 Å². The maximum Gasteiger partial charge on any atom is 0.111 e. The third kappa shape index (κ3) is 3.22. The van der Waals surface area contributed by atoms with Gasteiger partial charge in [0.05, 0.1) is 11.0 Å². The number of halogens is 3. The van der Waals surface area contributed by atoms with Gasteiger partial charge in [-0.2, -0.15) is 0 Å². The molecule has 1 aliphatic rings. The van der Waals surface area contributed by atoms with Crippen LogP contribution in [0.4, 0.5) is 0 Å². The summed E-state index contributed by atoms with van der Waals surface area (Å²) in [6, 6.07) is 0. The van der Waals surface area contributed by atoms with Crippen molar-refractivity contribution in [2.45, 2.75) is 48.6 Å². The maximum atomic E-state index is 6.20. The van der Waals surface area contributed by atoms with Gasteiger partial charge in [-0.05, 0) is 38.3 Å². The molecule has 14 heavy (non-hydrogen) atoms. The maximum absolute atomic E-state index is 6.20. The smallest absolute Gasteiger partial charge is 0.111 e. The second-order valence-corrected chi connectivity index (χ2v) is 6.96. The number of alkyl halides is 2. The third-order valence-electron chi connectivity index (χ3n) is 2.54. The second-order valence-electron chi connectivity index (χ2n) is 4.35. The minimum Gasteiger partial charge on any atom is -0.362 e. The summed E-state index contributed by atoms with van der Waals surface area (Å²) in [4.78, 5) is 1.89. The molecule has 1 saturated heterocycles. The Morgan fingerprint density at radius 1 is 1.64 bits per heavy atom. The van der Waals surface area contributed by atoms with E-state index in [2.05, 4.69) is 38.8 Å². The van der Waals surface area contributed by atoms with E-state index in [-0.39, 0.29) is 21.4 Å². The molecule has 1 nitrogen and oxygen atoms in total. The largest absolute Gasteiger partial charge is 0.362 e. The Hall–Kier alpha value is 0.950. The lowest BCUT2D eigenvalue weighted by molar-refractivity contribution is 0.334. The third-order valence-corrected chi connectivity index (χ3v) is 4.85. The monoisotopic (exact) mass is 344 g/mol. The van der Waals surface area contributed by atoms with E-state index in [0.717, 1.165) is 6.42 Å². The topological polar surface area (TPSA) is 12.5 Å². The van der Waals surface area contributed by atoms with Crippen molar-refractivity contribution in [3.05, 3.63) is 11.1 Å². The molecule has 1 rings (SSSR count). The van der Waals surface area contributed by atoms with Gasteiger partial charge in [0.15, 0.2) is 0 Å². The molecule has 0 spiro atoms. The highest BCUT2D eigenvalue weighted by Crippen LogP contribution is 2.43. The summed E-state index contributed by atoms with van der Waals surface area (Å²) < 4.78 is 5.61. The Balaban J connectivity index is 2.43. The average molecular weight is 346 g/mol. The van der Waals surface area contributed by atoms with Crippen molar-refractivity contribution in [2.75, 3.05) is 0 Å². The van der Waals surface area contributed by atoms with E-state index in [1.807, 2.05) is 24.9 Å². The lowest BCUT2D eigenvalue weighted by Gasteiger charge is -2.22. The lowest BCUT2D eigenvalue weighted by atomic mass is 9.99. The minimum absolute atomic E-state index is 0.0995. The van der Waals surface area contributed by atoms with Crippen molar-refractivity contribution in [1.82, 2.24) is 0 Å². The van der Waals surface area contributed by atoms with Crippen LogP contribution in [0.2, 0.25) is 0 Å². The van der Waals surface area contributed by atoms with Crippen LogP contribution in [0.25, 0.3) is 0 Å². The first-order valence-corrected chi connectivity index (χ1v) is 6.79. The van der Waals surface area contributed by atoms with E-state index < -0.39 is 0 Å². The molecule has 1 aliphatic heterocycles. The molecule has 3 atom stereocenters. The predicted octanol–water partition coefficient (Wildman–Crippen LogP) is 4.22. The molecule has 0 radical (unpaired) electrons. The molecule has 0 saturated carbocycles. The van der Waals surface area contributed by atoms with Gasteiger partial charge in [0, 0.05) is 4.83 Å². The van der Waals surface area contributed by atoms with Gasteiger partial charge in [0.25, 0.3) is 0 Å². The van der Waals surface area contributed by atoms with Crippen molar-refractivity contribution in [1.29, 1.82) is 0 Å². The van der Waals surface area contributed by atoms with E-state index in [9.17, 15) is 0 Å². The van der Waals surface area contributed by atoms with Crippen molar-refractivity contribution >= 4 is 43.5 Å². The lowest BCUT2D eigenvalue weighted by Crippen LogP contribution is -2.27. The van der Waals surface area contributed by atoms with E-state index in [0.29, 0.717) is 0 Å². The van der Waals surface area contributed by atoms with Crippen molar-refractivity contribution < 1.29 is 4.74 Å². The van der Waals surface area contributed by atoms with Gasteiger partial charge in [-0.3, -0.25) is 0 Å². The number of hydrogen-bond acceptors (Lipinski definition) is 1. The molecule has 0 aromatic heterocycles.